The van der Waals surface area contributed by atoms with E-state index in [1.807, 2.05) is 26.0 Å². The fourth-order valence-electron chi connectivity index (χ4n) is 3.50. The van der Waals surface area contributed by atoms with Gasteiger partial charge in [0.2, 0.25) is 0 Å². The van der Waals surface area contributed by atoms with Crippen LogP contribution >= 0.6 is 0 Å². The summed E-state index contributed by atoms with van der Waals surface area (Å²) in [5.74, 6) is 0. The smallest absolute Gasteiger partial charge is 0.144 e. The normalized spacial score (nSPS) is 12.9. The minimum Gasteiger partial charge on any atom is -0.455 e. The van der Waals surface area contributed by atoms with Gasteiger partial charge < -0.3 is 4.42 Å². The predicted molar refractivity (Wildman–Crippen MR) is 115 cm³/mol. The summed E-state index contributed by atoms with van der Waals surface area (Å²) >= 11 is 0. The molecule has 0 fully saturated rings. The van der Waals surface area contributed by atoms with E-state index in [-0.39, 0.29) is 0 Å². The molecule has 4 aromatic rings. The van der Waals surface area contributed by atoms with Crippen molar-refractivity contribution in [3.63, 3.8) is 0 Å². The van der Waals surface area contributed by atoms with Crippen molar-refractivity contribution in [1.29, 1.82) is 0 Å². The maximum Gasteiger partial charge on any atom is 0.144 e. The van der Waals surface area contributed by atoms with E-state index in [4.69, 9.17) is 9.41 Å². The zero-order chi connectivity index (χ0) is 18.8. The van der Waals surface area contributed by atoms with Crippen molar-refractivity contribution in [3.05, 3.63) is 84.1 Å². The number of allylic oxidation sites excluding steroid dienone is 2. The predicted octanol–water partition coefficient (Wildman–Crippen LogP) is 7.38. The first kappa shape index (κ1) is 17.3. The zero-order valence-electron chi connectivity index (χ0n) is 16.0. The number of hydrogen-bond donors (Lipinski definition) is 0. The van der Waals surface area contributed by atoms with Crippen LogP contribution in [0, 0.1) is 0 Å². The minimum absolute atomic E-state index is 0.854. The molecule has 134 valence electrons. The van der Waals surface area contributed by atoms with E-state index >= 15 is 0 Å². The highest BCUT2D eigenvalue weighted by Crippen LogP contribution is 2.37. The molecule has 0 saturated carbocycles. The van der Waals surface area contributed by atoms with Gasteiger partial charge in [-0.05, 0) is 31.9 Å². The fraction of sp³-hybridized carbons (Fsp3) is 0.160. The largest absolute Gasteiger partial charge is 0.455 e. The van der Waals surface area contributed by atoms with Gasteiger partial charge in [0.25, 0.3) is 0 Å². The molecule has 27 heavy (non-hydrogen) atoms. The van der Waals surface area contributed by atoms with Gasteiger partial charge in [0.05, 0.1) is 5.71 Å². The molecule has 0 bridgehead atoms. The van der Waals surface area contributed by atoms with E-state index in [1.54, 1.807) is 0 Å². The highest BCUT2D eigenvalue weighted by Gasteiger charge is 2.16. The summed E-state index contributed by atoms with van der Waals surface area (Å²) in [6.07, 6.45) is 2.88. The molecule has 3 aromatic carbocycles. The Hall–Kier alpha value is -3.13. The van der Waals surface area contributed by atoms with Crippen molar-refractivity contribution in [3.8, 4) is 11.1 Å². The number of aliphatic imine (C=N–C) groups is 1. The first-order valence-electron chi connectivity index (χ1n) is 9.43. The monoisotopic (exact) mass is 353 g/mol. The van der Waals surface area contributed by atoms with Gasteiger partial charge in [-0.3, -0.25) is 4.99 Å². The molecule has 0 radical (unpaired) electrons. The summed E-state index contributed by atoms with van der Waals surface area (Å²) < 4.78 is 6.47. The SMILES string of the molecule is C/C=C(/C)N=C(CC)c1cccc2c1oc1c(-c3ccccc3)cccc12. The molecule has 4 rings (SSSR count). The molecule has 2 heteroatoms. The maximum absolute atomic E-state index is 6.47. The molecule has 0 unspecified atom stereocenters. The summed E-state index contributed by atoms with van der Waals surface area (Å²) in [7, 11) is 0. The Morgan fingerprint density at radius 2 is 1.59 bits per heavy atom. The van der Waals surface area contributed by atoms with Crippen LogP contribution in [-0.2, 0) is 0 Å². The van der Waals surface area contributed by atoms with Crippen LogP contribution in [0.5, 0.6) is 0 Å². The summed E-state index contributed by atoms with van der Waals surface area (Å²) in [5, 5.41) is 2.28. The Morgan fingerprint density at radius 3 is 2.30 bits per heavy atom. The highest BCUT2D eigenvalue weighted by molar-refractivity contribution is 6.17. The Balaban J connectivity index is 2.01. The average Bonchev–Trinajstić information content (AvgIpc) is 3.11. The lowest BCUT2D eigenvalue weighted by Crippen LogP contribution is -1.99. The standard InChI is InChI=1S/C25H23NO/c1-4-17(3)26-23(5-2)22-16-10-15-21-20-14-9-13-19(24(20)27-25(21)22)18-11-7-6-8-12-18/h4,6-16H,5H2,1-3H3/b17-4-,26-23?. The molecule has 0 atom stereocenters. The third-order valence-corrected chi connectivity index (χ3v) is 4.98. The lowest BCUT2D eigenvalue weighted by atomic mass is 10.0. The van der Waals surface area contributed by atoms with Gasteiger partial charge in [-0.25, -0.2) is 0 Å². The number of rotatable bonds is 4. The van der Waals surface area contributed by atoms with Gasteiger partial charge in [-0.1, -0.05) is 73.7 Å². The second-order valence-electron chi connectivity index (χ2n) is 6.67. The lowest BCUT2D eigenvalue weighted by Gasteiger charge is -2.05. The van der Waals surface area contributed by atoms with E-state index in [0.29, 0.717) is 0 Å². The van der Waals surface area contributed by atoms with Crippen LogP contribution in [0.2, 0.25) is 0 Å². The second-order valence-corrected chi connectivity index (χ2v) is 6.67. The van der Waals surface area contributed by atoms with E-state index in [2.05, 4.69) is 67.6 Å². The van der Waals surface area contributed by atoms with Gasteiger partial charge in [-0.2, -0.15) is 0 Å². The highest BCUT2D eigenvalue weighted by atomic mass is 16.3. The topological polar surface area (TPSA) is 25.5 Å². The number of hydrogen-bond acceptors (Lipinski definition) is 2. The van der Waals surface area contributed by atoms with E-state index in [9.17, 15) is 0 Å². The molecule has 0 aliphatic rings. The first-order valence-corrected chi connectivity index (χ1v) is 9.43. The molecule has 0 N–H and O–H groups in total. The van der Waals surface area contributed by atoms with Crippen molar-refractivity contribution < 1.29 is 4.42 Å². The van der Waals surface area contributed by atoms with Crippen LogP contribution in [0.4, 0.5) is 0 Å². The summed E-state index contributed by atoms with van der Waals surface area (Å²) in [6.45, 7) is 6.18. The molecule has 0 aliphatic carbocycles. The van der Waals surface area contributed by atoms with E-state index < -0.39 is 0 Å². The molecule has 0 spiro atoms. The number of para-hydroxylation sites is 2. The summed E-state index contributed by atoms with van der Waals surface area (Å²) in [6, 6.07) is 23.1. The Morgan fingerprint density at radius 1 is 0.889 bits per heavy atom. The number of furan rings is 1. The Labute approximate surface area is 159 Å². The summed E-state index contributed by atoms with van der Waals surface area (Å²) in [5.41, 5.74) is 7.28. The van der Waals surface area contributed by atoms with Crippen LogP contribution in [-0.4, -0.2) is 5.71 Å². The van der Waals surface area contributed by atoms with Crippen LogP contribution in [0.15, 0.2) is 87.9 Å². The van der Waals surface area contributed by atoms with Crippen LogP contribution in [0.1, 0.15) is 32.8 Å². The molecule has 2 nitrogen and oxygen atoms in total. The van der Waals surface area contributed by atoms with Crippen molar-refractivity contribution >= 4 is 27.7 Å². The van der Waals surface area contributed by atoms with E-state index in [1.165, 1.54) is 0 Å². The van der Waals surface area contributed by atoms with Crippen molar-refractivity contribution in [2.24, 2.45) is 4.99 Å². The van der Waals surface area contributed by atoms with Gasteiger partial charge in [-0.15, -0.1) is 0 Å². The molecule has 1 heterocycles. The van der Waals surface area contributed by atoms with E-state index in [0.717, 1.165) is 56.5 Å². The minimum atomic E-state index is 0.854. The quantitative estimate of drug-likeness (QED) is 0.351. The van der Waals surface area contributed by atoms with Crippen LogP contribution in [0.25, 0.3) is 33.1 Å². The van der Waals surface area contributed by atoms with Crippen molar-refractivity contribution in [2.45, 2.75) is 27.2 Å². The third kappa shape index (κ3) is 3.08. The Bertz CT molecular complexity index is 1160. The number of benzene rings is 3. The first-order chi connectivity index (χ1) is 13.2. The second kappa shape index (κ2) is 7.24. The fourth-order valence-corrected chi connectivity index (χ4v) is 3.50. The molecule has 1 aromatic heterocycles. The molecule has 0 aliphatic heterocycles. The molecule has 0 amide bonds. The molecule has 0 saturated heterocycles. The lowest BCUT2D eigenvalue weighted by molar-refractivity contribution is 0.669. The third-order valence-electron chi connectivity index (χ3n) is 4.98. The molecular formula is C25H23NO. The van der Waals surface area contributed by atoms with Crippen LogP contribution in [0.3, 0.4) is 0 Å². The van der Waals surface area contributed by atoms with Gasteiger partial charge in [0, 0.05) is 27.6 Å². The van der Waals surface area contributed by atoms with Crippen molar-refractivity contribution in [1.82, 2.24) is 0 Å². The maximum atomic E-state index is 6.47. The van der Waals surface area contributed by atoms with Gasteiger partial charge in [0.1, 0.15) is 11.2 Å². The number of fused-ring (bicyclic) bond motifs is 3. The summed E-state index contributed by atoms with van der Waals surface area (Å²) in [4.78, 5) is 4.80. The van der Waals surface area contributed by atoms with Crippen LogP contribution < -0.4 is 0 Å². The number of nitrogens with zero attached hydrogens (tertiary/aromatic N) is 1. The van der Waals surface area contributed by atoms with Gasteiger partial charge in [0.15, 0.2) is 0 Å². The van der Waals surface area contributed by atoms with Gasteiger partial charge >= 0.3 is 0 Å². The average molecular weight is 353 g/mol. The zero-order valence-corrected chi connectivity index (χ0v) is 16.0. The Kier molecular flexibility index (Phi) is 4.64. The molecular weight excluding hydrogens is 330 g/mol. The van der Waals surface area contributed by atoms with Crippen molar-refractivity contribution in [2.75, 3.05) is 0 Å².